The van der Waals surface area contributed by atoms with E-state index in [1.165, 1.54) is 27.7 Å². The van der Waals surface area contributed by atoms with Crippen LogP contribution in [0, 0.1) is 13.8 Å². The summed E-state index contributed by atoms with van der Waals surface area (Å²) >= 11 is 0. The van der Waals surface area contributed by atoms with Gasteiger partial charge >= 0.3 is 5.97 Å². The Bertz CT molecular complexity index is 631. The Kier molecular flexibility index (Phi) is 5.07. The zero-order valence-corrected chi connectivity index (χ0v) is 12.8. The molecule has 1 heterocycles. The van der Waals surface area contributed by atoms with E-state index in [4.69, 9.17) is 9.63 Å². The first kappa shape index (κ1) is 17.1. The average molecular weight is 319 g/mol. The zero-order valence-electron chi connectivity index (χ0n) is 12.0. The maximum absolute atomic E-state index is 12.2. The summed E-state index contributed by atoms with van der Waals surface area (Å²) in [5.74, 6) is -1.86. The standard InChI is InChI=1S/C11H17N3O6S/c1-5-9(8(4)20-13-5)21(18,19)14-6(2)10(15)12-7(3)11(16)17/h6-7,14H,1-4H3,(H,12,15)(H,16,17)/t6?,7-/m1/s1. The summed E-state index contributed by atoms with van der Waals surface area (Å²) in [6.07, 6.45) is 0. The molecule has 0 aliphatic heterocycles. The van der Waals surface area contributed by atoms with Crippen LogP contribution in [0.2, 0.25) is 0 Å². The molecule has 1 rings (SSSR count). The van der Waals surface area contributed by atoms with Crippen molar-refractivity contribution < 1.29 is 27.6 Å². The van der Waals surface area contributed by atoms with Crippen molar-refractivity contribution >= 4 is 21.9 Å². The van der Waals surface area contributed by atoms with E-state index in [9.17, 15) is 18.0 Å². The van der Waals surface area contributed by atoms with Crippen molar-refractivity contribution in [3.05, 3.63) is 11.5 Å². The number of hydrogen-bond donors (Lipinski definition) is 3. The smallest absolute Gasteiger partial charge is 0.325 e. The molecule has 0 saturated heterocycles. The summed E-state index contributed by atoms with van der Waals surface area (Å²) in [6, 6.07) is -2.27. The third kappa shape index (κ3) is 4.02. The highest BCUT2D eigenvalue weighted by molar-refractivity contribution is 7.89. The predicted octanol–water partition coefficient (Wildman–Crippen LogP) is -0.452. The molecular formula is C11H17N3O6S. The molecule has 1 aromatic rings. The number of nitrogens with zero attached hydrogens (tertiary/aromatic N) is 1. The van der Waals surface area contributed by atoms with Crippen LogP contribution < -0.4 is 10.0 Å². The van der Waals surface area contributed by atoms with E-state index in [0.717, 1.165) is 0 Å². The van der Waals surface area contributed by atoms with Crippen LogP contribution in [-0.2, 0) is 19.6 Å². The first-order valence-corrected chi connectivity index (χ1v) is 7.53. The molecule has 1 unspecified atom stereocenters. The minimum Gasteiger partial charge on any atom is -0.480 e. The van der Waals surface area contributed by atoms with Gasteiger partial charge in [-0.05, 0) is 27.7 Å². The Morgan fingerprint density at radius 2 is 1.81 bits per heavy atom. The number of carbonyl (C=O) groups excluding carboxylic acids is 1. The molecule has 3 N–H and O–H groups in total. The molecule has 0 aliphatic rings. The molecule has 1 aromatic heterocycles. The van der Waals surface area contributed by atoms with Gasteiger partial charge in [-0.1, -0.05) is 5.16 Å². The molecule has 2 atom stereocenters. The fraction of sp³-hybridized carbons (Fsp3) is 0.545. The van der Waals surface area contributed by atoms with Crippen LogP contribution in [-0.4, -0.2) is 42.6 Å². The van der Waals surface area contributed by atoms with Gasteiger partial charge in [-0.15, -0.1) is 0 Å². The molecule has 10 heteroatoms. The van der Waals surface area contributed by atoms with Crippen LogP contribution in [0.5, 0.6) is 0 Å². The molecular weight excluding hydrogens is 302 g/mol. The predicted molar refractivity (Wildman–Crippen MR) is 71.0 cm³/mol. The summed E-state index contributed by atoms with van der Waals surface area (Å²) in [5, 5.41) is 14.4. The number of hydrogen-bond acceptors (Lipinski definition) is 6. The Labute approximate surface area is 121 Å². The first-order valence-electron chi connectivity index (χ1n) is 6.04. The van der Waals surface area contributed by atoms with Crippen LogP contribution >= 0.6 is 0 Å². The summed E-state index contributed by atoms with van der Waals surface area (Å²) in [4.78, 5) is 22.2. The van der Waals surface area contributed by atoms with Crippen LogP contribution in [0.1, 0.15) is 25.3 Å². The third-order valence-electron chi connectivity index (χ3n) is 2.69. The number of carbonyl (C=O) groups is 2. The van der Waals surface area contributed by atoms with Crippen molar-refractivity contribution in [2.75, 3.05) is 0 Å². The van der Waals surface area contributed by atoms with Gasteiger partial charge in [0.25, 0.3) is 0 Å². The Hall–Kier alpha value is -1.94. The lowest BCUT2D eigenvalue weighted by atomic mass is 10.3. The highest BCUT2D eigenvalue weighted by Gasteiger charge is 2.29. The normalized spacial score (nSPS) is 14.5. The number of carboxylic acids is 1. The topological polar surface area (TPSA) is 139 Å². The molecule has 21 heavy (non-hydrogen) atoms. The van der Waals surface area contributed by atoms with Gasteiger partial charge in [-0.2, -0.15) is 4.72 Å². The summed E-state index contributed by atoms with van der Waals surface area (Å²) < 4.78 is 31.2. The molecule has 0 bridgehead atoms. The lowest BCUT2D eigenvalue weighted by molar-refractivity contribution is -0.141. The van der Waals surface area contributed by atoms with Crippen molar-refractivity contribution in [1.29, 1.82) is 0 Å². The number of rotatable bonds is 6. The molecule has 9 nitrogen and oxygen atoms in total. The third-order valence-corrected chi connectivity index (χ3v) is 4.48. The van der Waals surface area contributed by atoms with Gasteiger partial charge < -0.3 is 14.9 Å². The van der Waals surface area contributed by atoms with Gasteiger partial charge in [0.1, 0.15) is 16.6 Å². The minimum atomic E-state index is -3.99. The van der Waals surface area contributed by atoms with E-state index in [1.807, 2.05) is 0 Å². The van der Waals surface area contributed by atoms with Crippen molar-refractivity contribution in [3.63, 3.8) is 0 Å². The van der Waals surface area contributed by atoms with E-state index in [-0.39, 0.29) is 16.3 Å². The van der Waals surface area contributed by atoms with Crippen molar-refractivity contribution in [3.8, 4) is 0 Å². The van der Waals surface area contributed by atoms with Gasteiger partial charge in [0.05, 0.1) is 6.04 Å². The molecule has 0 aromatic carbocycles. The van der Waals surface area contributed by atoms with Crippen LogP contribution in [0.4, 0.5) is 0 Å². The van der Waals surface area contributed by atoms with Crippen molar-refractivity contribution in [2.45, 2.75) is 44.7 Å². The van der Waals surface area contributed by atoms with Crippen LogP contribution in [0.15, 0.2) is 9.42 Å². The Morgan fingerprint density at radius 3 is 2.24 bits per heavy atom. The lowest BCUT2D eigenvalue weighted by Gasteiger charge is -2.16. The SMILES string of the molecule is Cc1noc(C)c1S(=O)(=O)NC(C)C(=O)N[C@H](C)C(=O)O. The number of amides is 1. The second kappa shape index (κ2) is 6.22. The number of carboxylic acid groups (broad SMARTS) is 1. The minimum absolute atomic E-state index is 0.103. The molecule has 0 fully saturated rings. The first-order chi connectivity index (χ1) is 9.56. The van der Waals surface area contributed by atoms with Crippen LogP contribution in [0.25, 0.3) is 0 Å². The summed E-state index contributed by atoms with van der Waals surface area (Å²) in [7, 11) is -3.99. The van der Waals surface area contributed by atoms with E-state index in [2.05, 4.69) is 15.2 Å². The molecule has 0 saturated carbocycles. The fourth-order valence-corrected chi connectivity index (χ4v) is 3.14. The molecule has 118 valence electrons. The highest BCUT2D eigenvalue weighted by Crippen LogP contribution is 2.18. The maximum Gasteiger partial charge on any atom is 0.325 e. The largest absolute Gasteiger partial charge is 0.480 e. The van der Waals surface area contributed by atoms with Crippen LogP contribution in [0.3, 0.4) is 0 Å². The van der Waals surface area contributed by atoms with E-state index < -0.39 is 34.0 Å². The van der Waals surface area contributed by atoms with Gasteiger partial charge in [-0.25, -0.2) is 8.42 Å². The van der Waals surface area contributed by atoms with E-state index in [0.29, 0.717) is 0 Å². The van der Waals surface area contributed by atoms with Gasteiger partial charge in [0, 0.05) is 0 Å². The van der Waals surface area contributed by atoms with E-state index in [1.54, 1.807) is 0 Å². The maximum atomic E-state index is 12.2. The van der Waals surface area contributed by atoms with Gasteiger partial charge in [0.15, 0.2) is 5.76 Å². The monoisotopic (exact) mass is 319 g/mol. The van der Waals surface area contributed by atoms with Crippen molar-refractivity contribution in [1.82, 2.24) is 15.2 Å². The number of sulfonamides is 1. The Balaban J connectivity index is 2.85. The Morgan fingerprint density at radius 1 is 1.24 bits per heavy atom. The lowest BCUT2D eigenvalue weighted by Crippen LogP contribution is -2.49. The molecule has 0 radical (unpaired) electrons. The summed E-state index contributed by atoms with van der Waals surface area (Å²) in [6.45, 7) is 5.48. The van der Waals surface area contributed by atoms with Gasteiger partial charge in [0.2, 0.25) is 15.9 Å². The second-order valence-electron chi connectivity index (χ2n) is 4.56. The number of aryl methyl sites for hydroxylation is 2. The van der Waals surface area contributed by atoms with Gasteiger partial charge in [-0.3, -0.25) is 9.59 Å². The van der Waals surface area contributed by atoms with E-state index >= 15 is 0 Å². The average Bonchev–Trinajstić information content (AvgIpc) is 2.68. The number of aromatic nitrogens is 1. The summed E-state index contributed by atoms with van der Waals surface area (Å²) in [5.41, 5.74) is 0.173. The highest BCUT2D eigenvalue weighted by atomic mass is 32.2. The quantitative estimate of drug-likeness (QED) is 0.645. The molecule has 0 spiro atoms. The fourth-order valence-electron chi connectivity index (χ4n) is 1.60. The number of nitrogens with one attached hydrogen (secondary N) is 2. The number of aliphatic carboxylic acids is 1. The second-order valence-corrected chi connectivity index (χ2v) is 6.22. The molecule has 1 amide bonds. The zero-order chi connectivity index (χ0) is 16.4. The molecule has 0 aliphatic carbocycles. The van der Waals surface area contributed by atoms with Crippen molar-refractivity contribution in [2.24, 2.45) is 0 Å².